The molecule has 3 heterocycles. The smallest absolute Gasteiger partial charge is 0.269 e. The summed E-state index contributed by atoms with van der Waals surface area (Å²) >= 11 is 13.6. The van der Waals surface area contributed by atoms with Crippen molar-refractivity contribution in [3.05, 3.63) is 57.0 Å². The summed E-state index contributed by atoms with van der Waals surface area (Å²) in [5.41, 5.74) is 1.02. The lowest BCUT2D eigenvalue weighted by atomic mass is 10.0. The molecule has 3 atom stereocenters. The highest BCUT2D eigenvalue weighted by Gasteiger charge is 2.36. The normalized spacial score (nSPS) is 19.9. The third-order valence-electron chi connectivity index (χ3n) is 5.08. The summed E-state index contributed by atoms with van der Waals surface area (Å²) in [5, 5.41) is 23.2. The maximum atomic E-state index is 13.1. The highest BCUT2D eigenvalue weighted by Crippen LogP contribution is 2.36. The Balaban J connectivity index is 1.58. The quantitative estimate of drug-likeness (QED) is 0.462. The summed E-state index contributed by atoms with van der Waals surface area (Å²) in [7, 11) is 0. The summed E-state index contributed by atoms with van der Waals surface area (Å²) in [4.78, 5) is 31.0. The van der Waals surface area contributed by atoms with Gasteiger partial charge in [-0.05, 0) is 11.6 Å². The first-order chi connectivity index (χ1) is 14.3. The van der Waals surface area contributed by atoms with Crippen LogP contribution < -0.4 is 5.32 Å². The zero-order valence-corrected chi connectivity index (χ0v) is 18.0. The van der Waals surface area contributed by atoms with Crippen LogP contribution in [0.5, 0.6) is 0 Å². The van der Waals surface area contributed by atoms with Gasteiger partial charge in [0.25, 0.3) is 5.91 Å². The van der Waals surface area contributed by atoms with Gasteiger partial charge in [0.2, 0.25) is 5.91 Å². The SMILES string of the molecule is O=C(N[C@@H](Cc1ccccc1)C(=O)N1C[C@@H](O)[C@@H](O)C1)c1[nH]c2sc(Cl)cc2c1Cl. The number of rotatable bonds is 5. The molecule has 0 spiro atoms. The van der Waals surface area contributed by atoms with E-state index in [0.717, 1.165) is 5.56 Å². The number of halogens is 2. The number of aromatic nitrogens is 1. The first-order valence-corrected chi connectivity index (χ1v) is 10.9. The lowest BCUT2D eigenvalue weighted by molar-refractivity contribution is -0.132. The predicted molar refractivity (Wildman–Crippen MR) is 116 cm³/mol. The Morgan fingerprint density at radius 2 is 1.87 bits per heavy atom. The number of fused-ring (bicyclic) bond motifs is 1. The van der Waals surface area contributed by atoms with Crippen molar-refractivity contribution in [2.24, 2.45) is 0 Å². The van der Waals surface area contributed by atoms with Crippen molar-refractivity contribution in [1.82, 2.24) is 15.2 Å². The molecule has 1 aliphatic heterocycles. The Hall–Kier alpha value is -2.10. The van der Waals surface area contributed by atoms with Crippen LogP contribution in [0.15, 0.2) is 36.4 Å². The molecule has 1 fully saturated rings. The molecule has 0 aliphatic carbocycles. The van der Waals surface area contributed by atoms with Crippen LogP contribution in [0, 0.1) is 0 Å². The molecule has 7 nitrogen and oxygen atoms in total. The number of amides is 2. The molecule has 158 valence electrons. The van der Waals surface area contributed by atoms with E-state index in [9.17, 15) is 19.8 Å². The summed E-state index contributed by atoms with van der Waals surface area (Å²) in [6, 6.07) is 10.1. The number of carbonyl (C=O) groups excluding carboxylic acids is 2. The van der Waals surface area contributed by atoms with Crippen LogP contribution in [0.25, 0.3) is 10.2 Å². The van der Waals surface area contributed by atoms with E-state index < -0.39 is 24.2 Å². The Labute approximate surface area is 186 Å². The van der Waals surface area contributed by atoms with Crippen molar-refractivity contribution in [1.29, 1.82) is 0 Å². The third-order valence-corrected chi connectivity index (χ3v) is 6.65. The zero-order valence-electron chi connectivity index (χ0n) is 15.6. The second-order valence-electron chi connectivity index (χ2n) is 7.20. The van der Waals surface area contributed by atoms with Crippen molar-refractivity contribution in [2.75, 3.05) is 13.1 Å². The van der Waals surface area contributed by atoms with E-state index in [2.05, 4.69) is 10.3 Å². The van der Waals surface area contributed by atoms with Gasteiger partial charge in [0.05, 0.1) is 21.6 Å². The van der Waals surface area contributed by atoms with E-state index in [0.29, 0.717) is 14.6 Å². The van der Waals surface area contributed by atoms with Gasteiger partial charge in [0.15, 0.2) is 0 Å². The Morgan fingerprint density at radius 1 is 1.20 bits per heavy atom. The summed E-state index contributed by atoms with van der Waals surface area (Å²) in [6.07, 6.45) is -1.75. The maximum Gasteiger partial charge on any atom is 0.269 e. The number of nitrogens with one attached hydrogen (secondary N) is 2. The number of β-amino-alcohol motifs (C(OH)–C–C–N with tert-alkyl or cyclic N) is 2. The molecule has 0 unspecified atom stereocenters. The summed E-state index contributed by atoms with van der Waals surface area (Å²) in [5.74, 6) is -0.899. The molecule has 4 N–H and O–H groups in total. The molecule has 30 heavy (non-hydrogen) atoms. The minimum atomic E-state index is -1.00. The highest BCUT2D eigenvalue weighted by molar-refractivity contribution is 7.22. The van der Waals surface area contributed by atoms with Gasteiger partial charge in [0.1, 0.15) is 16.6 Å². The Bertz CT molecular complexity index is 1070. The predicted octanol–water partition coefficient (Wildman–Crippen LogP) is 2.44. The van der Waals surface area contributed by atoms with E-state index >= 15 is 0 Å². The van der Waals surface area contributed by atoms with Gasteiger partial charge in [-0.25, -0.2) is 0 Å². The molecule has 0 saturated carbocycles. The first-order valence-electron chi connectivity index (χ1n) is 9.29. The minimum Gasteiger partial charge on any atom is -0.388 e. The summed E-state index contributed by atoms with van der Waals surface area (Å²) < 4.78 is 0.549. The van der Waals surface area contributed by atoms with E-state index in [4.69, 9.17) is 23.2 Å². The molecule has 10 heteroatoms. The average Bonchev–Trinajstić information content (AvgIpc) is 3.35. The molecule has 0 radical (unpaired) electrons. The number of aliphatic hydroxyl groups excluding tert-OH is 2. The lowest BCUT2D eigenvalue weighted by Crippen LogP contribution is -2.49. The van der Waals surface area contributed by atoms with E-state index in [1.54, 1.807) is 6.07 Å². The van der Waals surface area contributed by atoms with Crippen LogP contribution in [0.4, 0.5) is 0 Å². The Kier molecular flexibility index (Phi) is 6.04. The van der Waals surface area contributed by atoms with Crippen LogP contribution in [0.2, 0.25) is 9.36 Å². The van der Waals surface area contributed by atoms with Gasteiger partial charge in [-0.15, -0.1) is 11.3 Å². The van der Waals surface area contributed by atoms with Crippen molar-refractivity contribution < 1.29 is 19.8 Å². The molecule has 2 amide bonds. The van der Waals surface area contributed by atoms with Gasteiger partial charge < -0.3 is 25.4 Å². The number of aliphatic hydroxyl groups is 2. The van der Waals surface area contributed by atoms with Gasteiger partial charge in [-0.3, -0.25) is 9.59 Å². The number of nitrogens with zero attached hydrogens (tertiary/aromatic N) is 1. The van der Waals surface area contributed by atoms with Crippen LogP contribution in [0.1, 0.15) is 16.1 Å². The second kappa shape index (κ2) is 8.56. The lowest BCUT2D eigenvalue weighted by Gasteiger charge is -2.24. The van der Waals surface area contributed by atoms with Crippen LogP contribution >= 0.6 is 34.5 Å². The minimum absolute atomic E-state index is 0.0125. The van der Waals surface area contributed by atoms with Gasteiger partial charge >= 0.3 is 0 Å². The average molecular weight is 468 g/mol. The fraction of sp³-hybridized carbons (Fsp3) is 0.300. The van der Waals surface area contributed by atoms with Crippen LogP contribution in [-0.4, -0.2) is 63.3 Å². The van der Waals surface area contributed by atoms with E-state index in [-0.39, 0.29) is 36.1 Å². The van der Waals surface area contributed by atoms with Crippen molar-refractivity contribution in [3.8, 4) is 0 Å². The van der Waals surface area contributed by atoms with E-state index in [1.807, 2.05) is 30.3 Å². The van der Waals surface area contributed by atoms with Crippen molar-refractivity contribution in [2.45, 2.75) is 24.7 Å². The topological polar surface area (TPSA) is 106 Å². The van der Waals surface area contributed by atoms with Crippen molar-refractivity contribution >= 4 is 56.6 Å². The molecule has 3 aromatic rings. The molecule has 1 aliphatic rings. The molecule has 2 aromatic heterocycles. The molecule has 4 rings (SSSR count). The van der Waals surface area contributed by atoms with Crippen molar-refractivity contribution in [3.63, 3.8) is 0 Å². The van der Waals surface area contributed by atoms with Crippen LogP contribution in [-0.2, 0) is 11.2 Å². The number of carbonyl (C=O) groups is 2. The largest absolute Gasteiger partial charge is 0.388 e. The number of hydrogen-bond donors (Lipinski definition) is 4. The highest BCUT2D eigenvalue weighted by atomic mass is 35.5. The fourth-order valence-electron chi connectivity index (χ4n) is 3.53. The first kappa shape index (κ1) is 21.1. The number of H-pyrrole nitrogens is 1. The molecule has 1 saturated heterocycles. The molecular weight excluding hydrogens is 449 g/mol. The Morgan fingerprint density at radius 3 is 2.50 bits per heavy atom. The third kappa shape index (κ3) is 4.19. The standard InChI is InChI=1S/C20H19Cl2N3O4S/c21-15-7-11-16(22)17(24-19(11)30-15)18(28)23-12(6-10-4-2-1-3-5-10)20(29)25-8-13(26)14(27)9-25/h1-5,7,12-14,24,26-27H,6,8-9H2,(H,23,28)/t12-,13-,14+/m0/s1. The monoisotopic (exact) mass is 467 g/mol. The molecule has 0 bridgehead atoms. The summed E-state index contributed by atoms with van der Waals surface area (Å²) in [6.45, 7) is 0.0251. The zero-order chi connectivity index (χ0) is 21.4. The molecular formula is C20H19Cl2N3O4S. The number of thiophene rings is 1. The molecule has 1 aromatic carbocycles. The number of hydrogen-bond acceptors (Lipinski definition) is 5. The van der Waals surface area contributed by atoms with Gasteiger partial charge in [-0.2, -0.15) is 0 Å². The maximum absolute atomic E-state index is 13.1. The number of benzene rings is 1. The second-order valence-corrected chi connectivity index (χ2v) is 9.26. The van der Waals surface area contributed by atoms with Crippen LogP contribution in [0.3, 0.4) is 0 Å². The van der Waals surface area contributed by atoms with Gasteiger partial charge in [0, 0.05) is 24.9 Å². The van der Waals surface area contributed by atoms with Gasteiger partial charge in [-0.1, -0.05) is 53.5 Å². The van der Waals surface area contributed by atoms with E-state index in [1.165, 1.54) is 16.2 Å². The fourth-order valence-corrected chi connectivity index (χ4v) is 5.00. The number of likely N-dealkylation sites (tertiary alicyclic amines) is 1. The number of aromatic amines is 1.